The van der Waals surface area contributed by atoms with E-state index in [1.54, 1.807) is 35.9 Å². The van der Waals surface area contributed by atoms with Gasteiger partial charge in [0.15, 0.2) is 11.6 Å². The van der Waals surface area contributed by atoms with E-state index >= 15 is 0 Å². The number of methoxy groups -OCH3 is 1. The number of ether oxygens (including phenoxy) is 1. The predicted molar refractivity (Wildman–Crippen MR) is 142 cm³/mol. The minimum absolute atomic E-state index is 0.240. The number of nitrogens with one attached hydrogen (secondary N) is 2. The number of hydrogen-bond donors (Lipinski definition) is 2. The molecule has 1 aliphatic rings. The molecule has 12 heteroatoms. The van der Waals surface area contributed by atoms with Crippen molar-refractivity contribution in [3.63, 3.8) is 0 Å². The van der Waals surface area contributed by atoms with Crippen molar-refractivity contribution in [2.24, 2.45) is 7.05 Å². The van der Waals surface area contributed by atoms with Gasteiger partial charge in [0.25, 0.3) is 0 Å². The molecule has 0 saturated carbocycles. The summed E-state index contributed by atoms with van der Waals surface area (Å²) in [5.74, 6) is -1.14. The van der Waals surface area contributed by atoms with Gasteiger partial charge in [0.1, 0.15) is 17.8 Å². The third-order valence-electron chi connectivity index (χ3n) is 6.86. The van der Waals surface area contributed by atoms with Gasteiger partial charge in [-0.25, -0.2) is 23.2 Å². The van der Waals surface area contributed by atoms with E-state index < -0.39 is 17.7 Å². The first-order valence-corrected chi connectivity index (χ1v) is 12.6. The van der Waals surface area contributed by atoms with Crippen LogP contribution in [0.15, 0.2) is 54.9 Å². The third kappa shape index (κ3) is 5.66. The number of likely N-dealkylation sites (tertiary alicyclic amines) is 1. The Balaban J connectivity index is 1.42. The zero-order valence-electron chi connectivity index (χ0n) is 21.9. The highest BCUT2D eigenvalue weighted by Gasteiger charge is 2.35. The summed E-state index contributed by atoms with van der Waals surface area (Å²) in [5.41, 5.74) is 2.61. The normalized spacial score (nSPS) is 17.5. The molecule has 1 aliphatic heterocycles. The first-order chi connectivity index (χ1) is 18.8. The van der Waals surface area contributed by atoms with Gasteiger partial charge in [-0.15, -0.1) is 5.10 Å². The molecule has 2 atom stereocenters. The second kappa shape index (κ2) is 11.3. The second-order valence-corrected chi connectivity index (χ2v) is 9.55. The van der Waals surface area contributed by atoms with Crippen molar-refractivity contribution in [1.29, 1.82) is 0 Å². The van der Waals surface area contributed by atoms with Crippen molar-refractivity contribution >= 4 is 11.8 Å². The lowest BCUT2D eigenvalue weighted by Gasteiger charge is -2.21. The number of amides is 2. The Labute approximate surface area is 224 Å². The molecule has 2 N–H and O–H groups in total. The van der Waals surface area contributed by atoms with Crippen LogP contribution in [0.3, 0.4) is 0 Å². The van der Waals surface area contributed by atoms with Gasteiger partial charge in [-0.1, -0.05) is 24.3 Å². The maximum absolute atomic E-state index is 14.1. The Bertz CT molecular complexity index is 1460. The Kier molecular flexibility index (Phi) is 7.66. The molecule has 1 fully saturated rings. The molecule has 2 unspecified atom stereocenters. The van der Waals surface area contributed by atoms with Gasteiger partial charge in [-0.3, -0.25) is 14.9 Å². The van der Waals surface area contributed by atoms with Crippen molar-refractivity contribution < 1.29 is 18.3 Å². The molecular weight excluding hydrogens is 506 g/mol. The van der Waals surface area contributed by atoms with Crippen molar-refractivity contribution in [2.75, 3.05) is 38.7 Å². The average molecular weight is 537 g/mol. The number of aromatic nitrogens is 5. The van der Waals surface area contributed by atoms with Gasteiger partial charge >= 0.3 is 6.03 Å². The van der Waals surface area contributed by atoms with E-state index in [0.29, 0.717) is 54.7 Å². The van der Waals surface area contributed by atoms with Crippen LogP contribution in [0.25, 0.3) is 17.2 Å². The SMILES string of the molecule is COCCN1CC(NC(=O)Nc2c(C)c(-c3ncn(C)n3)nn2-c2ccccc2)C(c2ccc(F)c(F)c2)C1. The number of hydrogen-bond acceptors (Lipinski definition) is 6. The summed E-state index contributed by atoms with van der Waals surface area (Å²) in [4.78, 5) is 19.8. The molecule has 204 valence electrons. The number of rotatable bonds is 8. The first kappa shape index (κ1) is 26.4. The zero-order valence-corrected chi connectivity index (χ0v) is 21.9. The molecular formula is C27H30F2N8O2. The van der Waals surface area contributed by atoms with Crippen LogP contribution in [0.2, 0.25) is 0 Å². The number of para-hydroxylation sites is 1. The van der Waals surface area contributed by atoms with Gasteiger partial charge in [0.2, 0.25) is 5.82 Å². The smallest absolute Gasteiger partial charge is 0.320 e. The number of carbonyl (C=O) groups is 1. The van der Waals surface area contributed by atoms with Crippen molar-refractivity contribution in [3.05, 3.63) is 77.6 Å². The quantitative estimate of drug-likeness (QED) is 0.358. The van der Waals surface area contributed by atoms with Gasteiger partial charge < -0.3 is 10.1 Å². The average Bonchev–Trinajstić information content (AvgIpc) is 3.62. The fourth-order valence-electron chi connectivity index (χ4n) is 4.89. The summed E-state index contributed by atoms with van der Waals surface area (Å²) in [6.07, 6.45) is 1.59. The molecule has 2 amide bonds. The van der Waals surface area contributed by atoms with E-state index in [4.69, 9.17) is 9.84 Å². The first-order valence-electron chi connectivity index (χ1n) is 12.6. The van der Waals surface area contributed by atoms with Crippen LogP contribution in [0.1, 0.15) is 17.0 Å². The van der Waals surface area contributed by atoms with Crippen molar-refractivity contribution in [2.45, 2.75) is 18.9 Å². The van der Waals surface area contributed by atoms with E-state index in [2.05, 4.69) is 25.6 Å². The summed E-state index contributed by atoms with van der Waals surface area (Å²) in [6, 6.07) is 12.5. The van der Waals surface area contributed by atoms with Crippen molar-refractivity contribution in [3.8, 4) is 17.2 Å². The van der Waals surface area contributed by atoms with Crippen LogP contribution in [-0.2, 0) is 11.8 Å². The van der Waals surface area contributed by atoms with Crippen LogP contribution in [-0.4, -0.2) is 74.9 Å². The molecule has 0 aliphatic carbocycles. The number of urea groups is 1. The Hall–Kier alpha value is -4.16. The van der Waals surface area contributed by atoms with Gasteiger partial charge in [-0.2, -0.15) is 5.10 Å². The van der Waals surface area contributed by atoms with E-state index in [-0.39, 0.29) is 12.0 Å². The van der Waals surface area contributed by atoms with E-state index in [0.717, 1.165) is 11.8 Å². The molecule has 39 heavy (non-hydrogen) atoms. The van der Waals surface area contributed by atoms with Gasteiger partial charge in [0.05, 0.1) is 18.3 Å². The van der Waals surface area contributed by atoms with E-state index in [1.807, 2.05) is 37.3 Å². The number of anilines is 1. The van der Waals surface area contributed by atoms with Crippen LogP contribution in [0.4, 0.5) is 19.4 Å². The monoisotopic (exact) mass is 536 g/mol. The standard InChI is InChI=1S/C27H30F2N8O2/c1-17-24(25-30-16-35(2)34-25)33-37(19-7-5-4-6-8-19)26(17)32-27(38)31-23-15-36(11-12-39-3)14-20(23)18-9-10-21(28)22(29)13-18/h4-10,13,16,20,23H,11-12,14-15H2,1-3H3,(H2,31,32,38). The Morgan fingerprint density at radius 2 is 1.90 bits per heavy atom. The van der Waals surface area contributed by atoms with Gasteiger partial charge in [0, 0.05) is 45.3 Å². The molecule has 5 rings (SSSR count). The van der Waals surface area contributed by atoms with E-state index in [1.165, 1.54) is 6.07 Å². The number of benzene rings is 2. The summed E-state index contributed by atoms with van der Waals surface area (Å²) in [5, 5.41) is 15.1. The summed E-state index contributed by atoms with van der Waals surface area (Å²) < 4.78 is 36.1. The van der Waals surface area contributed by atoms with Crippen LogP contribution in [0, 0.1) is 18.6 Å². The zero-order chi connectivity index (χ0) is 27.5. The molecule has 0 spiro atoms. The number of nitrogens with zero attached hydrogens (tertiary/aromatic N) is 6. The molecule has 10 nitrogen and oxygen atoms in total. The summed E-state index contributed by atoms with van der Waals surface area (Å²) in [6.45, 7) is 4.11. The lowest BCUT2D eigenvalue weighted by Crippen LogP contribution is -2.42. The van der Waals surface area contributed by atoms with Crippen LogP contribution >= 0.6 is 0 Å². The minimum Gasteiger partial charge on any atom is -0.383 e. The van der Waals surface area contributed by atoms with Crippen molar-refractivity contribution in [1.82, 2.24) is 34.8 Å². The number of halogens is 2. The summed E-state index contributed by atoms with van der Waals surface area (Å²) in [7, 11) is 3.40. The highest BCUT2D eigenvalue weighted by atomic mass is 19.2. The Morgan fingerprint density at radius 3 is 2.59 bits per heavy atom. The Morgan fingerprint density at radius 1 is 1.10 bits per heavy atom. The van der Waals surface area contributed by atoms with Crippen LogP contribution in [0.5, 0.6) is 0 Å². The molecule has 0 radical (unpaired) electrons. The largest absolute Gasteiger partial charge is 0.383 e. The third-order valence-corrected chi connectivity index (χ3v) is 6.86. The fourth-order valence-corrected chi connectivity index (χ4v) is 4.89. The lowest BCUT2D eigenvalue weighted by molar-refractivity contribution is 0.159. The number of carbonyl (C=O) groups excluding carboxylic acids is 1. The molecule has 2 aromatic carbocycles. The minimum atomic E-state index is -0.913. The lowest BCUT2D eigenvalue weighted by atomic mass is 9.94. The summed E-state index contributed by atoms with van der Waals surface area (Å²) >= 11 is 0. The van der Waals surface area contributed by atoms with E-state index in [9.17, 15) is 13.6 Å². The molecule has 4 aromatic rings. The topological polar surface area (TPSA) is 102 Å². The molecule has 2 aromatic heterocycles. The highest BCUT2D eigenvalue weighted by Crippen LogP contribution is 2.31. The fraction of sp³-hybridized carbons (Fsp3) is 0.333. The highest BCUT2D eigenvalue weighted by molar-refractivity contribution is 5.91. The number of aryl methyl sites for hydroxylation is 1. The molecule has 1 saturated heterocycles. The molecule has 0 bridgehead atoms. The maximum Gasteiger partial charge on any atom is 0.320 e. The maximum atomic E-state index is 14.1. The predicted octanol–water partition coefficient (Wildman–Crippen LogP) is 3.49. The van der Waals surface area contributed by atoms with Gasteiger partial charge in [-0.05, 0) is 36.8 Å². The van der Waals surface area contributed by atoms with Crippen LogP contribution < -0.4 is 10.6 Å². The second-order valence-electron chi connectivity index (χ2n) is 9.55. The molecule has 3 heterocycles.